The third kappa shape index (κ3) is 4.09. The summed E-state index contributed by atoms with van der Waals surface area (Å²) in [5.41, 5.74) is 1.09. The van der Waals surface area contributed by atoms with Crippen molar-refractivity contribution in [1.82, 2.24) is 24.8 Å². The fraction of sp³-hybridized carbons (Fsp3) is 0.533. The Hall–Kier alpha value is -1.79. The Bertz CT molecular complexity index is 557. The van der Waals surface area contributed by atoms with Crippen LogP contribution >= 0.6 is 0 Å². The van der Waals surface area contributed by atoms with E-state index in [9.17, 15) is 0 Å². The van der Waals surface area contributed by atoms with Gasteiger partial charge < -0.3 is 9.72 Å². The van der Waals surface area contributed by atoms with Gasteiger partial charge in [0, 0.05) is 43.3 Å². The van der Waals surface area contributed by atoms with Gasteiger partial charge in [0.1, 0.15) is 11.6 Å². The fourth-order valence-corrected chi connectivity index (χ4v) is 2.73. The van der Waals surface area contributed by atoms with Crippen LogP contribution in [0.2, 0.25) is 0 Å². The van der Waals surface area contributed by atoms with Crippen molar-refractivity contribution >= 4 is 0 Å². The summed E-state index contributed by atoms with van der Waals surface area (Å²) in [7, 11) is 0. The van der Waals surface area contributed by atoms with E-state index in [1.807, 2.05) is 25.4 Å². The van der Waals surface area contributed by atoms with Gasteiger partial charge in [-0.3, -0.25) is 4.90 Å². The number of ether oxygens (including phenoxy) is 1. The van der Waals surface area contributed by atoms with Gasteiger partial charge >= 0.3 is 0 Å². The van der Waals surface area contributed by atoms with Crippen LogP contribution in [0.3, 0.4) is 0 Å². The van der Waals surface area contributed by atoms with Crippen LogP contribution in [0, 0.1) is 12.8 Å². The highest BCUT2D eigenvalue weighted by Crippen LogP contribution is 2.14. The molecule has 1 unspecified atom stereocenters. The van der Waals surface area contributed by atoms with Gasteiger partial charge in [0.15, 0.2) is 0 Å². The molecule has 1 aliphatic rings. The molecule has 0 bridgehead atoms. The van der Waals surface area contributed by atoms with E-state index in [1.165, 1.54) is 0 Å². The van der Waals surface area contributed by atoms with Crippen LogP contribution in [0.1, 0.15) is 17.3 Å². The lowest BCUT2D eigenvalue weighted by molar-refractivity contribution is 0.121. The van der Waals surface area contributed by atoms with E-state index in [0.29, 0.717) is 5.92 Å². The van der Waals surface area contributed by atoms with Gasteiger partial charge in [0.05, 0.1) is 19.8 Å². The maximum absolute atomic E-state index is 5.74. The van der Waals surface area contributed by atoms with E-state index < -0.39 is 0 Å². The molecule has 3 rings (SSSR count). The van der Waals surface area contributed by atoms with Gasteiger partial charge in [-0.1, -0.05) is 0 Å². The van der Waals surface area contributed by atoms with Gasteiger partial charge in [-0.15, -0.1) is 0 Å². The Morgan fingerprint density at radius 2 is 2.33 bits per heavy atom. The minimum atomic E-state index is 0.455. The van der Waals surface area contributed by atoms with Crippen LogP contribution in [0.5, 0.6) is 0 Å². The van der Waals surface area contributed by atoms with Crippen LogP contribution in [0.4, 0.5) is 0 Å². The molecule has 1 saturated heterocycles. The Morgan fingerprint density at radius 3 is 3.14 bits per heavy atom. The highest BCUT2D eigenvalue weighted by Gasteiger charge is 2.20. The first-order chi connectivity index (χ1) is 10.3. The number of nitrogens with zero attached hydrogens (tertiary/aromatic N) is 4. The lowest BCUT2D eigenvalue weighted by atomic mass is 10.0. The lowest BCUT2D eigenvalue weighted by Crippen LogP contribution is -2.31. The van der Waals surface area contributed by atoms with Gasteiger partial charge in [0.2, 0.25) is 0 Å². The average molecular weight is 287 g/mol. The second kappa shape index (κ2) is 6.78. The van der Waals surface area contributed by atoms with Crippen molar-refractivity contribution in [3.63, 3.8) is 0 Å². The number of imidazole rings is 1. The first kappa shape index (κ1) is 14.2. The number of aryl methyl sites for hydroxylation is 1. The van der Waals surface area contributed by atoms with E-state index in [4.69, 9.17) is 4.74 Å². The maximum Gasteiger partial charge on any atom is 0.125 e. The Kier molecular flexibility index (Phi) is 4.57. The molecule has 2 aromatic rings. The summed E-state index contributed by atoms with van der Waals surface area (Å²) in [5, 5.41) is 0. The number of hydrogen-bond acceptors (Lipinski definition) is 5. The zero-order valence-corrected chi connectivity index (χ0v) is 12.3. The average Bonchev–Trinajstić information content (AvgIpc) is 2.86. The second-order valence-electron chi connectivity index (χ2n) is 5.51. The zero-order chi connectivity index (χ0) is 14.5. The Balaban J connectivity index is 1.62. The van der Waals surface area contributed by atoms with Crippen LogP contribution < -0.4 is 0 Å². The van der Waals surface area contributed by atoms with Crippen molar-refractivity contribution in [2.75, 3.05) is 26.3 Å². The molecule has 0 amide bonds. The third-order valence-corrected chi connectivity index (χ3v) is 3.68. The molecule has 6 heteroatoms. The number of aromatic amines is 1. The van der Waals surface area contributed by atoms with Crippen molar-refractivity contribution in [3.8, 4) is 0 Å². The number of aromatic nitrogens is 4. The van der Waals surface area contributed by atoms with Crippen molar-refractivity contribution in [2.24, 2.45) is 5.92 Å². The second-order valence-corrected chi connectivity index (χ2v) is 5.51. The molecule has 2 aromatic heterocycles. The summed E-state index contributed by atoms with van der Waals surface area (Å²) < 4.78 is 5.74. The largest absolute Gasteiger partial charge is 0.380 e. The van der Waals surface area contributed by atoms with Gasteiger partial charge in [-0.25, -0.2) is 15.0 Å². The van der Waals surface area contributed by atoms with Crippen LogP contribution in [-0.2, 0) is 17.7 Å². The molecule has 112 valence electrons. The molecule has 6 nitrogen and oxygen atoms in total. The summed E-state index contributed by atoms with van der Waals surface area (Å²) in [6.45, 7) is 6.29. The minimum absolute atomic E-state index is 0.455. The maximum atomic E-state index is 5.74. The van der Waals surface area contributed by atoms with Crippen LogP contribution in [0.15, 0.2) is 24.7 Å². The van der Waals surface area contributed by atoms with Crippen LogP contribution in [0.25, 0.3) is 0 Å². The summed E-state index contributed by atoms with van der Waals surface area (Å²) >= 11 is 0. The fourth-order valence-electron chi connectivity index (χ4n) is 2.73. The van der Waals surface area contributed by atoms with Crippen molar-refractivity contribution < 1.29 is 4.74 Å². The predicted octanol–water partition coefficient (Wildman–Crippen LogP) is 1.20. The first-order valence-electron chi connectivity index (χ1n) is 7.36. The van der Waals surface area contributed by atoms with Crippen molar-refractivity contribution in [3.05, 3.63) is 42.0 Å². The third-order valence-electron chi connectivity index (χ3n) is 3.68. The van der Waals surface area contributed by atoms with Gasteiger partial charge in [0.25, 0.3) is 0 Å². The van der Waals surface area contributed by atoms with E-state index in [-0.39, 0.29) is 0 Å². The Morgan fingerprint density at radius 1 is 1.38 bits per heavy atom. The Labute approximate surface area is 124 Å². The molecule has 21 heavy (non-hydrogen) atoms. The molecule has 3 heterocycles. The SMILES string of the molecule is Cc1nccc(CC2COCCN(Cc3ncc[nH]3)C2)n1. The van der Waals surface area contributed by atoms with Crippen molar-refractivity contribution in [1.29, 1.82) is 0 Å². The molecule has 0 aliphatic carbocycles. The van der Waals surface area contributed by atoms with E-state index in [2.05, 4.69) is 24.8 Å². The van der Waals surface area contributed by atoms with Gasteiger partial charge in [-0.2, -0.15) is 0 Å². The topological polar surface area (TPSA) is 66.9 Å². The molecule has 1 N–H and O–H groups in total. The van der Waals surface area contributed by atoms with E-state index in [0.717, 1.165) is 56.6 Å². The van der Waals surface area contributed by atoms with Crippen molar-refractivity contribution in [2.45, 2.75) is 19.9 Å². The normalized spacial score (nSPS) is 20.3. The molecule has 0 saturated carbocycles. The molecule has 0 spiro atoms. The summed E-state index contributed by atoms with van der Waals surface area (Å²) in [4.78, 5) is 18.5. The molecule has 1 fully saturated rings. The number of H-pyrrole nitrogens is 1. The minimum Gasteiger partial charge on any atom is -0.380 e. The monoisotopic (exact) mass is 287 g/mol. The molecule has 0 radical (unpaired) electrons. The highest BCUT2D eigenvalue weighted by molar-refractivity contribution is 5.03. The van der Waals surface area contributed by atoms with Crippen LogP contribution in [-0.4, -0.2) is 51.1 Å². The smallest absolute Gasteiger partial charge is 0.125 e. The summed E-state index contributed by atoms with van der Waals surface area (Å²) in [6, 6.07) is 1.99. The molecule has 0 aromatic carbocycles. The first-order valence-corrected chi connectivity index (χ1v) is 7.36. The molecule has 1 aliphatic heterocycles. The number of hydrogen-bond donors (Lipinski definition) is 1. The van der Waals surface area contributed by atoms with Gasteiger partial charge in [-0.05, 0) is 19.4 Å². The lowest BCUT2D eigenvalue weighted by Gasteiger charge is -2.22. The summed E-state index contributed by atoms with van der Waals surface area (Å²) in [6.07, 6.45) is 6.42. The van der Waals surface area contributed by atoms with E-state index >= 15 is 0 Å². The van der Waals surface area contributed by atoms with E-state index in [1.54, 1.807) is 6.20 Å². The quantitative estimate of drug-likeness (QED) is 0.915. The summed E-state index contributed by atoms with van der Waals surface area (Å²) in [5.74, 6) is 2.29. The predicted molar refractivity (Wildman–Crippen MR) is 78.6 cm³/mol. The molecular formula is C15H21N5O. The molecular weight excluding hydrogens is 266 g/mol. The molecule has 1 atom stereocenters. The standard InChI is InChI=1S/C15H21N5O/c1-12-16-3-2-14(19-12)8-13-9-20(6-7-21-11-13)10-15-17-4-5-18-15/h2-5,13H,6-11H2,1H3,(H,17,18). The highest BCUT2D eigenvalue weighted by atomic mass is 16.5. The number of nitrogens with one attached hydrogen (secondary N) is 1. The number of rotatable bonds is 4. The zero-order valence-electron chi connectivity index (χ0n) is 12.3.